The number of fused-ring (bicyclic) bond motifs is 3. The highest BCUT2D eigenvalue weighted by Gasteiger charge is 2.27. The molecule has 25 heavy (non-hydrogen) atoms. The highest BCUT2D eigenvalue weighted by atomic mass is 16.5. The molecule has 0 spiro atoms. The molecule has 0 fully saturated rings. The highest BCUT2D eigenvalue weighted by Crippen LogP contribution is 2.43. The molecule has 3 aromatic carbocycles. The molecule has 0 aliphatic heterocycles. The number of benzene rings is 3. The van der Waals surface area contributed by atoms with Crippen LogP contribution in [0.4, 0.5) is 0 Å². The van der Waals surface area contributed by atoms with Crippen molar-refractivity contribution in [1.29, 1.82) is 0 Å². The van der Waals surface area contributed by atoms with E-state index in [0.717, 1.165) is 11.3 Å². The van der Waals surface area contributed by atoms with Gasteiger partial charge in [-0.1, -0.05) is 66.7 Å². The number of hydrogen-bond acceptors (Lipinski definition) is 3. The minimum atomic E-state index is 0.0190. The van der Waals surface area contributed by atoms with Crippen molar-refractivity contribution in [3.63, 3.8) is 0 Å². The van der Waals surface area contributed by atoms with Gasteiger partial charge in [-0.15, -0.1) is 0 Å². The fourth-order valence-electron chi connectivity index (χ4n) is 3.53. The average Bonchev–Trinajstić information content (AvgIpc) is 2.99. The lowest BCUT2D eigenvalue weighted by molar-refractivity contribution is 0.200. The molecule has 0 amide bonds. The first kappa shape index (κ1) is 15.9. The molecule has 0 atom stereocenters. The number of rotatable bonds is 6. The molecule has 0 radical (unpaired) electrons. The van der Waals surface area contributed by atoms with Crippen LogP contribution in [-0.4, -0.2) is 18.3 Å². The van der Waals surface area contributed by atoms with E-state index in [1.54, 1.807) is 0 Å². The number of nitrogens with one attached hydrogen (secondary N) is 1. The van der Waals surface area contributed by atoms with Gasteiger partial charge < -0.3 is 15.2 Å². The van der Waals surface area contributed by atoms with Crippen LogP contribution in [0.5, 0.6) is 5.75 Å². The first-order valence-electron chi connectivity index (χ1n) is 8.61. The van der Waals surface area contributed by atoms with Crippen LogP contribution in [0, 0.1) is 0 Å². The predicted octanol–water partition coefficient (Wildman–Crippen LogP) is 3.92. The largest absolute Gasteiger partial charge is 0.491 e. The minimum absolute atomic E-state index is 0.0190. The Bertz CT molecular complexity index is 830. The molecule has 1 aliphatic carbocycles. The van der Waals surface area contributed by atoms with E-state index in [1.165, 1.54) is 22.3 Å². The standard InChI is InChI=1S/C22H21NO2/c24-13-14-25-21-12-6-1-7-16(21)15-23-22-19-10-4-2-8-17(19)18-9-3-5-11-20(18)22/h1-12,22-24H,13-15H2. The molecular formula is C22H21NO2. The van der Waals surface area contributed by atoms with Gasteiger partial charge >= 0.3 is 0 Å². The minimum Gasteiger partial charge on any atom is -0.491 e. The molecule has 4 rings (SSSR count). The Morgan fingerprint density at radius 1 is 0.800 bits per heavy atom. The zero-order valence-corrected chi connectivity index (χ0v) is 14.0. The number of hydrogen-bond donors (Lipinski definition) is 2. The van der Waals surface area contributed by atoms with Crippen LogP contribution in [0.1, 0.15) is 22.7 Å². The van der Waals surface area contributed by atoms with Crippen LogP contribution in [0.25, 0.3) is 11.1 Å². The molecule has 3 nitrogen and oxygen atoms in total. The molecule has 1 aliphatic rings. The van der Waals surface area contributed by atoms with Gasteiger partial charge in [-0.25, -0.2) is 0 Å². The lowest BCUT2D eigenvalue weighted by Crippen LogP contribution is -2.20. The second-order valence-corrected chi connectivity index (χ2v) is 6.17. The molecule has 0 bridgehead atoms. The zero-order chi connectivity index (χ0) is 17.1. The molecule has 0 unspecified atom stereocenters. The van der Waals surface area contributed by atoms with E-state index in [4.69, 9.17) is 9.84 Å². The van der Waals surface area contributed by atoms with E-state index in [9.17, 15) is 0 Å². The van der Waals surface area contributed by atoms with Gasteiger partial charge in [-0.05, 0) is 28.3 Å². The summed E-state index contributed by atoms with van der Waals surface area (Å²) in [6.07, 6.45) is 0. The van der Waals surface area contributed by atoms with E-state index in [0.29, 0.717) is 13.2 Å². The van der Waals surface area contributed by atoms with Crippen molar-refractivity contribution in [2.45, 2.75) is 12.6 Å². The van der Waals surface area contributed by atoms with Gasteiger partial charge in [-0.2, -0.15) is 0 Å². The van der Waals surface area contributed by atoms with Gasteiger partial charge in [0, 0.05) is 12.1 Å². The fourth-order valence-corrected chi connectivity index (χ4v) is 3.53. The Morgan fingerprint density at radius 2 is 1.40 bits per heavy atom. The first-order chi connectivity index (χ1) is 12.4. The Hall–Kier alpha value is -2.62. The summed E-state index contributed by atoms with van der Waals surface area (Å²) in [6.45, 7) is 1.03. The maximum Gasteiger partial charge on any atom is 0.123 e. The number of ether oxygens (including phenoxy) is 1. The Balaban J connectivity index is 1.60. The van der Waals surface area contributed by atoms with Gasteiger partial charge in [0.05, 0.1) is 12.6 Å². The van der Waals surface area contributed by atoms with Gasteiger partial charge in [0.1, 0.15) is 12.4 Å². The van der Waals surface area contributed by atoms with Crippen molar-refractivity contribution in [2.75, 3.05) is 13.2 Å². The van der Waals surface area contributed by atoms with Crippen molar-refractivity contribution in [3.8, 4) is 16.9 Å². The molecule has 2 N–H and O–H groups in total. The summed E-state index contributed by atoms with van der Waals surface area (Å²) in [6, 6.07) is 25.3. The van der Waals surface area contributed by atoms with Gasteiger partial charge in [0.15, 0.2) is 0 Å². The molecule has 0 aromatic heterocycles. The van der Waals surface area contributed by atoms with Crippen LogP contribution < -0.4 is 10.1 Å². The molecule has 0 heterocycles. The summed E-state index contributed by atoms with van der Waals surface area (Å²) < 4.78 is 5.65. The highest BCUT2D eigenvalue weighted by molar-refractivity contribution is 5.78. The third-order valence-electron chi connectivity index (χ3n) is 4.65. The van der Waals surface area contributed by atoms with Gasteiger partial charge in [0.2, 0.25) is 0 Å². The monoisotopic (exact) mass is 331 g/mol. The lowest BCUT2D eigenvalue weighted by atomic mass is 10.0. The van der Waals surface area contributed by atoms with Gasteiger partial charge in [0.25, 0.3) is 0 Å². The Kier molecular flexibility index (Phi) is 4.51. The van der Waals surface area contributed by atoms with E-state index >= 15 is 0 Å². The molecule has 0 saturated carbocycles. The van der Waals surface area contributed by atoms with E-state index in [2.05, 4.69) is 59.9 Å². The van der Waals surface area contributed by atoms with Crippen LogP contribution in [0.3, 0.4) is 0 Å². The number of aliphatic hydroxyl groups is 1. The number of para-hydroxylation sites is 1. The quantitative estimate of drug-likeness (QED) is 0.719. The van der Waals surface area contributed by atoms with Gasteiger partial charge in [-0.3, -0.25) is 0 Å². The third kappa shape index (κ3) is 3.04. The van der Waals surface area contributed by atoms with E-state index in [-0.39, 0.29) is 12.6 Å². The maximum atomic E-state index is 9.00. The van der Waals surface area contributed by atoms with Crippen molar-refractivity contribution >= 4 is 0 Å². The normalized spacial score (nSPS) is 12.7. The first-order valence-corrected chi connectivity index (χ1v) is 8.61. The molecule has 126 valence electrons. The van der Waals surface area contributed by atoms with Crippen LogP contribution in [-0.2, 0) is 6.54 Å². The SMILES string of the molecule is OCCOc1ccccc1CNC1c2ccccc2-c2ccccc21. The summed E-state index contributed by atoms with van der Waals surface area (Å²) in [7, 11) is 0. The maximum absolute atomic E-state index is 9.00. The van der Waals surface area contributed by atoms with Crippen molar-refractivity contribution in [3.05, 3.63) is 89.5 Å². The third-order valence-corrected chi connectivity index (χ3v) is 4.65. The zero-order valence-electron chi connectivity index (χ0n) is 14.0. The summed E-state index contributed by atoms with van der Waals surface area (Å²) in [4.78, 5) is 0. The molecule has 3 aromatic rings. The number of aliphatic hydroxyl groups excluding tert-OH is 1. The van der Waals surface area contributed by atoms with Crippen molar-refractivity contribution < 1.29 is 9.84 Å². The Labute approximate surface area is 147 Å². The van der Waals surface area contributed by atoms with Crippen molar-refractivity contribution in [1.82, 2.24) is 5.32 Å². The molecule has 3 heteroatoms. The summed E-state index contributed by atoms with van der Waals surface area (Å²) in [5, 5.41) is 12.7. The molecular weight excluding hydrogens is 310 g/mol. The summed E-state index contributed by atoms with van der Waals surface area (Å²) >= 11 is 0. The van der Waals surface area contributed by atoms with Crippen LogP contribution in [0.2, 0.25) is 0 Å². The van der Waals surface area contributed by atoms with Crippen LogP contribution in [0.15, 0.2) is 72.8 Å². The Morgan fingerprint density at radius 3 is 2.08 bits per heavy atom. The van der Waals surface area contributed by atoms with E-state index in [1.807, 2.05) is 18.2 Å². The smallest absolute Gasteiger partial charge is 0.123 e. The second kappa shape index (κ2) is 7.09. The summed E-state index contributed by atoms with van der Waals surface area (Å²) in [5.74, 6) is 0.823. The average molecular weight is 331 g/mol. The topological polar surface area (TPSA) is 41.5 Å². The van der Waals surface area contributed by atoms with Crippen LogP contribution >= 0.6 is 0 Å². The lowest BCUT2D eigenvalue weighted by Gasteiger charge is -2.17. The fraction of sp³-hybridized carbons (Fsp3) is 0.182. The van der Waals surface area contributed by atoms with E-state index < -0.39 is 0 Å². The molecule has 0 saturated heterocycles. The van der Waals surface area contributed by atoms with Crippen molar-refractivity contribution in [2.24, 2.45) is 0 Å². The second-order valence-electron chi connectivity index (χ2n) is 6.17. The summed E-state index contributed by atoms with van der Waals surface area (Å²) in [5.41, 5.74) is 6.34. The predicted molar refractivity (Wildman–Crippen MR) is 99.6 cm³/mol.